The number of carbonyl (C=O) groups excluding carboxylic acids is 1. The van der Waals surface area contributed by atoms with Crippen LogP contribution in [-0.2, 0) is 0 Å². The third-order valence-corrected chi connectivity index (χ3v) is 3.55. The predicted octanol–water partition coefficient (Wildman–Crippen LogP) is 0.504. The molecule has 0 spiro atoms. The van der Waals surface area contributed by atoms with Crippen LogP contribution in [0.1, 0.15) is 36.0 Å². The highest BCUT2D eigenvalue weighted by molar-refractivity contribution is 5.98. The number of aliphatic hydroxyl groups is 1. The van der Waals surface area contributed by atoms with Crippen molar-refractivity contribution in [3.63, 3.8) is 0 Å². The molecule has 0 unspecified atom stereocenters. The van der Waals surface area contributed by atoms with Crippen molar-refractivity contribution in [3.8, 4) is 0 Å². The molecule has 6 nitrogen and oxygen atoms in total. The van der Waals surface area contributed by atoms with Crippen LogP contribution < -0.4 is 16.4 Å². The molecule has 0 saturated heterocycles. The van der Waals surface area contributed by atoms with E-state index in [-0.39, 0.29) is 6.61 Å². The maximum atomic E-state index is 11.3. The van der Waals surface area contributed by atoms with Crippen molar-refractivity contribution in [3.05, 3.63) is 17.8 Å². The number of hydrogen-bond donors (Lipinski definition) is 3. The fourth-order valence-electron chi connectivity index (χ4n) is 2.25. The number of nitrogens with zero attached hydrogens (tertiary/aromatic N) is 2. The van der Waals surface area contributed by atoms with Gasteiger partial charge in [-0.2, -0.15) is 0 Å². The second-order valence-electron chi connectivity index (χ2n) is 4.85. The van der Waals surface area contributed by atoms with Gasteiger partial charge in [0.25, 0.3) is 5.91 Å². The number of aliphatic hydroxyl groups excluding tert-OH is 1. The van der Waals surface area contributed by atoms with E-state index < -0.39 is 5.91 Å². The van der Waals surface area contributed by atoms with E-state index in [1.54, 1.807) is 6.07 Å². The van der Waals surface area contributed by atoms with Crippen molar-refractivity contribution in [1.29, 1.82) is 0 Å². The Balaban J connectivity index is 2.24. The first-order chi connectivity index (χ1) is 9.13. The highest BCUT2D eigenvalue weighted by Gasteiger charge is 2.26. The van der Waals surface area contributed by atoms with Crippen LogP contribution in [0, 0.1) is 0 Å². The van der Waals surface area contributed by atoms with Crippen molar-refractivity contribution in [2.45, 2.75) is 31.7 Å². The van der Waals surface area contributed by atoms with Gasteiger partial charge in [-0.05, 0) is 31.7 Å². The van der Waals surface area contributed by atoms with Gasteiger partial charge in [0.15, 0.2) is 0 Å². The minimum Gasteiger partial charge on any atom is -0.397 e. The van der Waals surface area contributed by atoms with Crippen molar-refractivity contribution >= 4 is 17.4 Å². The lowest BCUT2D eigenvalue weighted by Crippen LogP contribution is -2.41. The number of nitrogen functional groups attached to an aromatic ring is 1. The SMILES string of the molecule is NC(=O)c1cc(N(CCCO)C2CCC2)ncc1N. The standard InChI is InChI=1S/C13H20N4O2/c14-11-8-16-12(7-10(11)13(15)19)17(5-2-6-18)9-3-1-4-9/h7-9,18H,1-6,14H2,(H2,15,19). The Morgan fingerprint density at radius 2 is 2.26 bits per heavy atom. The van der Waals surface area contributed by atoms with Gasteiger partial charge in [-0.1, -0.05) is 0 Å². The van der Waals surface area contributed by atoms with Crippen LogP contribution in [0.5, 0.6) is 0 Å². The number of carbonyl (C=O) groups is 1. The molecule has 1 fully saturated rings. The van der Waals surface area contributed by atoms with Crippen LogP contribution >= 0.6 is 0 Å². The molecule has 1 aliphatic carbocycles. The fraction of sp³-hybridized carbons (Fsp3) is 0.538. The lowest BCUT2D eigenvalue weighted by atomic mass is 9.91. The summed E-state index contributed by atoms with van der Waals surface area (Å²) < 4.78 is 0. The van der Waals surface area contributed by atoms with Crippen LogP contribution in [0.4, 0.5) is 11.5 Å². The van der Waals surface area contributed by atoms with E-state index in [1.807, 2.05) is 0 Å². The first-order valence-electron chi connectivity index (χ1n) is 6.56. The minimum atomic E-state index is -0.545. The molecule has 1 aromatic rings. The zero-order chi connectivity index (χ0) is 13.8. The topological polar surface area (TPSA) is 105 Å². The third-order valence-electron chi connectivity index (χ3n) is 3.55. The molecule has 5 N–H and O–H groups in total. The summed E-state index contributed by atoms with van der Waals surface area (Å²) in [5, 5.41) is 8.98. The van der Waals surface area contributed by atoms with Gasteiger partial charge in [0.2, 0.25) is 0 Å². The van der Waals surface area contributed by atoms with E-state index in [0.717, 1.165) is 19.4 Å². The predicted molar refractivity (Wildman–Crippen MR) is 73.9 cm³/mol. The van der Waals surface area contributed by atoms with E-state index in [1.165, 1.54) is 12.6 Å². The van der Waals surface area contributed by atoms with Gasteiger partial charge in [0.05, 0.1) is 17.4 Å². The monoisotopic (exact) mass is 264 g/mol. The normalized spacial score (nSPS) is 15.0. The largest absolute Gasteiger partial charge is 0.397 e. The highest BCUT2D eigenvalue weighted by Crippen LogP contribution is 2.29. The molecule has 0 atom stereocenters. The van der Waals surface area contributed by atoms with Gasteiger partial charge in [-0.15, -0.1) is 0 Å². The van der Waals surface area contributed by atoms with E-state index in [9.17, 15) is 4.79 Å². The molecular formula is C13H20N4O2. The van der Waals surface area contributed by atoms with Gasteiger partial charge in [-0.25, -0.2) is 4.98 Å². The van der Waals surface area contributed by atoms with Crippen molar-refractivity contribution in [2.75, 3.05) is 23.8 Å². The molecule has 19 heavy (non-hydrogen) atoms. The first kappa shape index (κ1) is 13.6. The number of amides is 1. The molecule has 0 radical (unpaired) electrons. The number of primary amides is 1. The average molecular weight is 264 g/mol. The third kappa shape index (κ3) is 2.96. The number of pyridine rings is 1. The summed E-state index contributed by atoms with van der Waals surface area (Å²) in [5.41, 5.74) is 11.6. The molecule has 0 aromatic carbocycles. The minimum absolute atomic E-state index is 0.140. The highest BCUT2D eigenvalue weighted by atomic mass is 16.3. The van der Waals surface area contributed by atoms with Crippen LogP contribution in [0.15, 0.2) is 12.3 Å². The van der Waals surface area contributed by atoms with Crippen molar-refractivity contribution in [1.82, 2.24) is 4.98 Å². The number of nitrogens with two attached hydrogens (primary N) is 2. The number of aromatic nitrogens is 1. The summed E-state index contributed by atoms with van der Waals surface area (Å²) in [7, 11) is 0. The zero-order valence-electron chi connectivity index (χ0n) is 10.9. The van der Waals surface area contributed by atoms with Crippen molar-refractivity contribution < 1.29 is 9.90 Å². The van der Waals surface area contributed by atoms with E-state index in [4.69, 9.17) is 16.6 Å². The second kappa shape index (κ2) is 5.88. The summed E-state index contributed by atoms with van der Waals surface area (Å²) in [6, 6.07) is 2.08. The van der Waals surface area contributed by atoms with Crippen LogP contribution in [0.25, 0.3) is 0 Å². The van der Waals surface area contributed by atoms with Gasteiger partial charge in [-0.3, -0.25) is 4.79 Å². The first-order valence-corrected chi connectivity index (χ1v) is 6.56. The maximum Gasteiger partial charge on any atom is 0.250 e. The van der Waals surface area contributed by atoms with Gasteiger partial charge in [0, 0.05) is 19.2 Å². The van der Waals surface area contributed by atoms with Crippen LogP contribution in [0.2, 0.25) is 0 Å². The van der Waals surface area contributed by atoms with Gasteiger partial charge < -0.3 is 21.5 Å². The molecule has 1 aromatic heterocycles. The summed E-state index contributed by atoms with van der Waals surface area (Å²) in [5.74, 6) is 0.165. The maximum absolute atomic E-state index is 11.3. The smallest absolute Gasteiger partial charge is 0.250 e. The van der Waals surface area contributed by atoms with E-state index in [2.05, 4.69) is 9.88 Å². The Hall–Kier alpha value is -1.82. The molecule has 2 rings (SSSR count). The molecular weight excluding hydrogens is 244 g/mol. The van der Waals surface area contributed by atoms with Crippen LogP contribution in [0.3, 0.4) is 0 Å². The summed E-state index contributed by atoms with van der Waals surface area (Å²) >= 11 is 0. The van der Waals surface area contributed by atoms with E-state index in [0.29, 0.717) is 29.5 Å². The zero-order valence-corrected chi connectivity index (χ0v) is 10.9. The Morgan fingerprint density at radius 1 is 1.53 bits per heavy atom. The number of hydrogen-bond acceptors (Lipinski definition) is 5. The molecule has 104 valence electrons. The Kier molecular flexibility index (Phi) is 4.21. The summed E-state index contributed by atoms with van der Waals surface area (Å²) in [6.07, 6.45) is 5.58. The Bertz CT molecular complexity index is 460. The molecule has 1 heterocycles. The molecule has 6 heteroatoms. The van der Waals surface area contributed by atoms with Crippen LogP contribution in [-0.4, -0.2) is 35.2 Å². The number of rotatable bonds is 6. The quantitative estimate of drug-likeness (QED) is 0.694. The second-order valence-corrected chi connectivity index (χ2v) is 4.85. The van der Waals surface area contributed by atoms with Gasteiger partial charge in [0.1, 0.15) is 5.82 Å². The summed E-state index contributed by atoms with van der Waals surface area (Å²) in [6.45, 7) is 0.858. The lowest BCUT2D eigenvalue weighted by molar-refractivity contribution is 0.100. The lowest BCUT2D eigenvalue weighted by Gasteiger charge is -2.38. The molecule has 1 saturated carbocycles. The fourth-order valence-corrected chi connectivity index (χ4v) is 2.25. The molecule has 0 aliphatic heterocycles. The summed E-state index contributed by atoms with van der Waals surface area (Å²) in [4.78, 5) is 17.7. The Labute approximate surface area is 112 Å². The van der Waals surface area contributed by atoms with Gasteiger partial charge >= 0.3 is 0 Å². The van der Waals surface area contributed by atoms with E-state index >= 15 is 0 Å². The molecule has 1 aliphatic rings. The average Bonchev–Trinajstić information content (AvgIpc) is 2.32. The molecule has 1 amide bonds. The Morgan fingerprint density at radius 3 is 2.79 bits per heavy atom. The van der Waals surface area contributed by atoms with Crippen molar-refractivity contribution in [2.24, 2.45) is 5.73 Å². The molecule has 0 bridgehead atoms. The number of anilines is 2.